The number of rotatable bonds is 12. The molecule has 2 aromatic rings. The Labute approximate surface area is 215 Å². The van der Waals surface area contributed by atoms with Crippen LogP contribution in [0.25, 0.3) is 11.3 Å². The molecule has 198 valence electrons. The highest BCUT2D eigenvalue weighted by atomic mass is 16.5. The molecule has 1 aromatic carbocycles. The Balaban J connectivity index is 1.92. The number of amides is 2. The maximum atomic E-state index is 13.4. The normalized spacial score (nSPS) is 15.4. The molecule has 1 aliphatic rings. The van der Waals surface area contributed by atoms with Gasteiger partial charge in [-0.15, -0.1) is 0 Å². The van der Waals surface area contributed by atoms with Crippen LogP contribution in [0, 0.1) is 11.8 Å². The third-order valence-electron chi connectivity index (χ3n) is 7.00. The Morgan fingerprint density at radius 2 is 1.72 bits per heavy atom. The fourth-order valence-corrected chi connectivity index (χ4v) is 4.47. The summed E-state index contributed by atoms with van der Waals surface area (Å²) in [4.78, 5) is 26.0. The highest BCUT2D eigenvalue weighted by Crippen LogP contribution is 2.40. The van der Waals surface area contributed by atoms with E-state index in [0.29, 0.717) is 29.5 Å². The lowest BCUT2D eigenvalue weighted by molar-refractivity contribution is -0.122. The minimum atomic E-state index is -0.290. The fraction of sp³-hybridized carbons (Fsp3) is 0.607. The van der Waals surface area contributed by atoms with Crippen LogP contribution in [0.3, 0.4) is 0 Å². The molecule has 2 N–H and O–H groups in total. The van der Waals surface area contributed by atoms with Crippen LogP contribution in [0.15, 0.2) is 24.3 Å². The van der Waals surface area contributed by atoms with Gasteiger partial charge < -0.3 is 20.1 Å². The van der Waals surface area contributed by atoms with Gasteiger partial charge in [-0.3, -0.25) is 14.3 Å². The van der Waals surface area contributed by atoms with Gasteiger partial charge in [-0.25, -0.2) is 0 Å². The van der Waals surface area contributed by atoms with Gasteiger partial charge in [-0.2, -0.15) is 5.10 Å². The molecule has 0 spiro atoms. The molecule has 1 heterocycles. The third-order valence-corrected chi connectivity index (χ3v) is 7.00. The molecule has 8 nitrogen and oxygen atoms in total. The van der Waals surface area contributed by atoms with Gasteiger partial charge >= 0.3 is 0 Å². The average molecular weight is 499 g/mol. The zero-order valence-electron chi connectivity index (χ0n) is 22.8. The predicted molar refractivity (Wildman–Crippen MR) is 141 cm³/mol. The van der Waals surface area contributed by atoms with Crippen molar-refractivity contribution < 1.29 is 19.1 Å². The molecule has 2 atom stereocenters. The van der Waals surface area contributed by atoms with E-state index in [-0.39, 0.29) is 42.3 Å². The van der Waals surface area contributed by atoms with E-state index < -0.39 is 0 Å². The standard InChI is InChI=1S/C28H42N4O4/c1-17(2)14-21(15-26(33)29-20-10-8-11-20)30-28(34)22-16-23(32(31-22)19(5)18(3)4)27-24(35-6)12-9-13-25(27)36-7/h9,12-13,16-21H,8,10-11,14-15H2,1-7H3,(H,29,33)(H,30,34). The molecule has 0 radical (unpaired) electrons. The van der Waals surface area contributed by atoms with E-state index in [1.807, 2.05) is 22.9 Å². The summed E-state index contributed by atoms with van der Waals surface area (Å²) in [6, 6.07) is 7.43. The highest BCUT2D eigenvalue weighted by molar-refractivity contribution is 5.94. The van der Waals surface area contributed by atoms with Gasteiger partial charge in [0.1, 0.15) is 11.5 Å². The Morgan fingerprint density at radius 1 is 1.08 bits per heavy atom. The first-order valence-electron chi connectivity index (χ1n) is 13.1. The molecule has 36 heavy (non-hydrogen) atoms. The molecule has 1 aromatic heterocycles. The Hall–Kier alpha value is -3.03. The maximum absolute atomic E-state index is 13.4. The van der Waals surface area contributed by atoms with Gasteiger partial charge in [0.05, 0.1) is 31.5 Å². The van der Waals surface area contributed by atoms with Gasteiger partial charge in [0, 0.05) is 18.5 Å². The minimum absolute atomic E-state index is 0.0101. The fourth-order valence-electron chi connectivity index (χ4n) is 4.47. The Bertz CT molecular complexity index is 1020. The van der Waals surface area contributed by atoms with Crippen LogP contribution in [0.4, 0.5) is 0 Å². The SMILES string of the molecule is COc1cccc(OC)c1-c1cc(C(=O)NC(CC(=O)NC2CCC2)CC(C)C)nn1C(C)C(C)C. The van der Waals surface area contributed by atoms with Crippen molar-refractivity contribution in [2.45, 2.75) is 84.8 Å². The highest BCUT2D eigenvalue weighted by Gasteiger charge is 2.27. The number of aromatic nitrogens is 2. The molecule has 2 amide bonds. The van der Waals surface area contributed by atoms with Crippen LogP contribution in [0.1, 0.15) is 83.3 Å². The number of ether oxygens (including phenoxy) is 2. The van der Waals surface area contributed by atoms with E-state index in [1.54, 1.807) is 20.3 Å². The van der Waals surface area contributed by atoms with E-state index in [0.717, 1.165) is 30.5 Å². The second-order valence-corrected chi connectivity index (χ2v) is 10.6. The Kier molecular flexibility index (Phi) is 9.40. The summed E-state index contributed by atoms with van der Waals surface area (Å²) in [5, 5.41) is 10.9. The molecule has 0 aliphatic heterocycles. The first kappa shape index (κ1) is 27.6. The van der Waals surface area contributed by atoms with E-state index in [1.165, 1.54) is 0 Å². The van der Waals surface area contributed by atoms with Crippen LogP contribution in [-0.4, -0.2) is 47.9 Å². The average Bonchev–Trinajstić information content (AvgIpc) is 3.24. The quantitative estimate of drug-likeness (QED) is 0.430. The van der Waals surface area contributed by atoms with Crippen molar-refractivity contribution in [1.82, 2.24) is 20.4 Å². The van der Waals surface area contributed by atoms with Gasteiger partial charge in [-0.05, 0) is 62.6 Å². The molecule has 1 fully saturated rings. The summed E-state index contributed by atoms with van der Waals surface area (Å²) in [7, 11) is 3.23. The summed E-state index contributed by atoms with van der Waals surface area (Å²) in [5.41, 5.74) is 1.80. The number of benzene rings is 1. The number of carbonyl (C=O) groups excluding carboxylic acids is 2. The zero-order chi connectivity index (χ0) is 26.4. The Morgan fingerprint density at radius 3 is 2.22 bits per heavy atom. The summed E-state index contributed by atoms with van der Waals surface area (Å²) < 4.78 is 13.2. The summed E-state index contributed by atoms with van der Waals surface area (Å²) in [6.07, 6.45) is 4.20. The summed E-state index contributed by atoms with van der Waals surface area (Å²) >= 11 is 0. The van der Waals surface area contributed by atoms with Crippen molar-refractivity contribution in [1.29, 1.82) is 0 Å². The largest absolute Gasteiger partial charge is 0.496 e. The van der Waals surface area contributed by atoms with Crippen molar-refractivity contribution in [3.63, 3.8) is 0 Å². The number of methoxy groups -OCH3 is 2. The van der Waals surface area contributed by atoms with Crippen molar-refractivity contribution in [2.24, 2.45) is 11.8 Å². The van der Waals surface area contributed by atoms with Gasteiger partial charge in [-0.1, -0.05) is 33.8 Å². The number of nitrogens with one attached hydrogen (secondary N) is 2. The van der Waals surface area contributed by atoms with E-state index in [2.05, 4.69) is 45.3 Å². The van der Waals surface area contributed by atoms with Crippen LogP contribution in [-0.2, 0) is 4.79 Å². The molecular formula is C28H42N4O4. The molecule has 2 unspecified atom stereocenters. The molecule has 1 aliphatic carbocycles. The van der Waals surface area contributed by atoms with Crippen molar-refractivity contribution >= 4 is 11.8 Å². The molecule has 0 bridgehead atoms. The lowest BCUT2D eigenvalue weighted by Crippen LogP contribution is -2.44. The van der Waals surface area contributed by atoms with Crippen molar-refractivity contribution in [2.75, 3.05) is 14.2 Å². The van der Waals surface area contributed by atoms with Crippen LogP contribution < -0.4 is 20.1 Å². The maximum Gasteiger partial charge on any atom is 0.272 e. The van der Waals surface area contributed by atoms with E-state index in [9.17, 15) is 9.59 Å². The first-order valence-corrected chi connectivity index (χ1v) is 13.1. The monoisotopic (exact) mass is 498 g/mol. The minimum Gasteiger partial charge on any atom is -0.496 e. The predicted octanol–water partition coefficient (Wildman–Crippen LogP) is 4.99. The van der Waals surface area contributed by atoms with E-state index >= 15 is 0 Å². The molecule has 3 rings (SSSR count). The topological polar surface area (TPSA) is 94.5 Å². The van der Waals surface area contributed by atoms with Crippen LogP contribution >= 0.6 is 0 Å². The number of nitrogens with zero attached hydrogens (tertiary/aromatic N) is 2. The summed E-state index contributed by atoms with van der Waals surface area (Å²) in [5.74, 6) is 1.60. The summed E-state index contributed by atoms with van der Waals surface area (Å²) in [6.45, 7) is 10.5. The zero-order valence-corrected chi connectivity index (χ0v) is 22.8. The van der Waals surface area contributed by atoms with Crippen molar-refractivity contribution in [3.8, 4) is 22.8 Å². The first-order chi connectivity index (χ1) is 17.1. The molecular weight excluding hydrogens is 456 g/mol. The second kappa shape index (κ2) is 12.3. The second-order valence-electron chi connectivity index (χ2n) is 10.6. The van der Waals surface area contributed by atoms with Crippen molar-refractivity contribution in [3.05, 3.63) is 30.0 Å². The van der Waals surface area contributed by atoms with Crippen LogP contribution in [0.5, 0.6) is 11.5 Å². The number of carbonyl (C=O) groups is 2. The molecule has 0 saturated heterocycles. The van der Waals surface area contributed by atoms with Gasteiger partial charge in [0.15, 0.2) is 5.69 Å². The van der Waals surface area contributed by atoms with Gasteiger partial charge in [0.25, 0.3) is 5.91 Å². The number of hydrogen-bond donors (Lipinski definition) is 2. The smallest absolute Gasteiger partial charge is 0.272 e. The molecule has 1 saturated carbocycles. The number of hydrogen-bond acceptors (Lipinski definition) is 5. The third kappa shape index (κ3) is 6.59. The molecule has 8 heteroatoms. The van der Waals surface area contributed by atoms with Crippen LogP contribution in [0.2, 0.25) is 0 Å². The lowest BCUT2D eigenvalue weighted by atomic mass is 9.92. The van der Waals surface area contributed by atoms with E-state index in [4.69, 9.17) is 14.6 Å². The lowest BCUT2D eigenvalue weighted by Gasteiger charge is -2.28. The van der Waals surface area contributed by atoms with Gasteiger partial charge in [0.2, 0.25) is 5.91 Å².